The van der Waals surface area contributed by atoms with Crippen molar-refractivity contribution in [3.63, 3.8) is 0 Å². The molecule has 2 aromatic heterocycles. The molecule has 2 aliphatic carbocycles. The Morgan fingerprint density at radius 2 is 1.76 bits per heavy atom. The van der Waals surface area contributed by atoms with Crippen molar-refractivity contribution < 1.29 is 27.6 Å². The van der Waals surface area contributed by atoms with Gasteiger partial charge in [0.2, 0.25) is 0 Å². The van der Waals surface area contributed by atoms with Crippen LogP contribution >= 0.6 is 0 Å². The summed E-state index contributed by atoms with van der Waals surface area (Å²) in [5.74, 6) is -0.528. The number of amides is 4. The van der Waals surface area contributed by atoms with Gasteiger partial charge in [-0.05, 0) is 68.7 Å². The minimum absolute atomic E-state index is 0.0754. The Morgan fingerprint density at radius 3 is 2.39 bits per heavy atom. The fourth-order valence-corrected chi connectivity index (χ4v) is 6.21. The number of halogens is 3. The molecule has 2 saturated carbocycles. The first kappa shape index (κ1) is 31.6. The van der Waals surface area contributed by atoms with Gasteiger partial charge in [-0.1, -0.05) is 0 Å². The summed E-state index contributed by atoms with van der Waals surface area (Å²) in [5.41, 5.74) is 6.43. The van der Waals surface area contributed by atoms with Gasteiger partial charge in [-0.3, -0.25) is 14.3 Å². The van der Waals surface area contributed by atoms with Crippen LogP contribution in [-0.4, -0.2) is 85.2 Å². The van der Waals surface area contributed by atoms with Crippen LogP contribution < -0.4 is 16.4 Å². The second kappa shape index (κ2) is 12.4. The lowest BCUT2D eigenvalue weighted by Gasteiger charge is -2.35. The summed E-state index contributed by atoms with van der Waals surface area (Å²) in [4.78, 5) is 46.7. The molecule has 0 spiro atoms. The van der Waals surface area contributed by atoms with E-state index in [-0.39, 0.29) is 41.1 Å². The van der Waals surface area contributed by atoms with Gasteiger partial charge in [0.1, 0.15) is 0 Å². The number of benzene rings is 1. The number of nitrogens with zero attached hydrogens (tertiary/aromatic N) is 6. The molecule has 4 amide bonds. The van der Waals surface area contributed by atoms with Crippen molar-refractivity contribution in [2.75, 3.05) is 31.5 Å². The van der Waals surface area contributed by atoms with Gasteiger partial charge in [-0.25, -0.2) is 9.78 Å². The summed E-state index contributed by atoms with van der Waals surface area (Å²) >= 11 is 0. The topological polar surface area (TPSA) is 143 Å². The highest BCUT2D eigenvalue weighted by Crippen LogP contribution is 2.38. The van der Waals surface area contributed by atoms with Crippen LogP contribution in [0.1, 0.15) is 64.3 Å². The van der Waals surface area contributed by atoms with E-state index in [0.29, 0.717) is 55.5 Å². The number of urea groups is 1. The van der Waals surface area contributed by atoms with Gasteiger partial charge in [0.25, 0.3) is 11.8 Å². The van der Waals surface area contributed by atoms with E-state index < -0.39 is 17.8 Å². The third kappa shape index (κ3) is 6.73. The quantitative estimate of drug-likeness (QED) is 0.360. The molecule has 1 saturated heterocycles. The number of nitrogens with two attached hydrogens (primary N) is 1. The first-order chi connectivity index (χ1) is 21.9. The number of nitrogens with one attached hydrogen (secondary N) is 2. The van der Waals surface area contributed by atoms with E-state index in [2.05, 4.69) is 20.7 Å². The number of aryl methyl sites for hydroxylation is 1. The number of imidazole rings is 1. The van der Waals surface area contributed by atoms with Crippen LogP contribution in [0.4, 0.5) is 23.7 Å². The molecule has 3 heterocycles. The zero-order valence-corrected chi connectivity index (χ0v) is 25.8. The number of alkyl halides is 3. The maximum atomic E-state index is 13.8. The van der Waals surface area contributed by atoms with Gasteiger partial charge in [-0.15, -0.1) is 0 Å². The summed E-state index contributed by atoms with van der Waals surface area (Å²) < 4.78 is 44.1. The molecule has 3 aliphatic rings. The third-order valence-electron chi connectivity index (χ3n) is 9.01. The minimum Gasteiger partial charge on any atom is -0.335 e. The average Bonchev–Trinajstić information content (AvgIpc) is 3.35. The lowest BCUT2D eigenvalue weighted by Crippen LogP contribution is -2.54. The third-order valence-corrected chi connectivity index (χ3v) is 9.01. The van der Waals surface area contributed by atoms with Crippen molar-refractivity contribution in [2.45, 2.75) is 63.8 Å². The smallest absolute Gasteiger partial charge is 0.335 e. The Bertz CT molecular complexity index is 1640. The molecule has 15 heteroatoms. The first-order valence-electron chi connectivity index (χ1n) is 15.6. The van der Waals surface area contributed by atoms with Crippen molar-refractivity contribution in [3.05, 3.63) is 53.2 Å². The number of rotatable bonds is 7. The molecule has 3 fully saturated rings. The number of hydrogen-bond donors (Lipinski definition) is 3. The molecule has 246 valence electrons. The zero-order valence-electron chi connectivity index (χ0n) is 25.8. The Labute approximate surface area is 264 Å². The Morgan fingerprint density at radius 1 is 1.04 bits per heavy atom. The zero-order chi connectivity index (χ0) is 32.7. The van der Waals surface area contributed by atoms with Crippen molar-refractivity contribution in [1.82, 2.24) is 34.4 Å². The van der Waals surface area contributed by atoms with Crippen LogP contribution in [0.25, 0.3) is 11.3 Å². The fourth-order valence-electron chi connectivity index (χ4n) is 6.21. The summed E-state index contributed by atoms with van der Waals surface area (Å²) in [5, 5.41) is 9.57. The lowest BCUT2D eigenvalue weighted by atomic mass is 10.1. The summed E-state index contributed by atoms with van der Waals surface area (Å²) in [6, 6.07) is 4.97. The van der Waals surface area contributed by atoms with Gasteiger partial charge >= 0.3 is 12.2 Å². The van der Waals surface area contributed by atoms with E-state index in [1.807, 2.05) is 0 Å². The van der Waals surface area contributed by atoms with Gasteiger partial charge in [-0.2, -0.15) is 18.3 Å². The maximum Gasteiger partial charge on any atom is 0.435 e. The number of carbonyl (C=O) groups is 3. The van der Waals surface area contributed by atoms with Crippen LogP contribution in [0.15, 0.2) is 30.6 Å². The van der Waals surface area contributed by atoms with Crippen LogP contribution in [-0.2, 0) is 19.8 Å². The molecular formula is C31H38F3N9O3. The second-order valence-corrected chi connectivity index (χ2v) is 12.6. The monoisotopic (exact) mass is 641 g/mol. The largest absolute Gasteiger partial charge is 0.435 e. The maximum absolute atomic E-state index is 13.8. The standard InChI is InChI=1S/C31H38F3N9O3/c1-18-13-21(7-8-23(18)29(45)41-9-11-42(12-10-41)30(46)38-22-6-5-20(35)14-22)37-28(44)27-36-15-25(40(27)2)24-17-43(16-19-3-4-19)39-26(24)31(32,33)34/h7-8,13,15,17,19-20,22H,3-6,9-12,14,16,35H2,1-2H3,(H,37,44)(H,38,46)/t20-,22-/m1/s1. The molecule has 3 aromatic rings. The van der Waals surface area contributed by atoms with Crippen LogP contribution in [0, 0.1) is 12.8 Å². The number of anilines is 1. The number of piperazine rings is 1. The minimum atomic E-state index is -4.67. The highest BCUT2D eigenvalue weighted by Gasteiger charge is 2.39. The van der Waals surface area contributed by atoms with Crippen molar-refractivity contribution in [3.8, 4) is 11.3 Å². The second-order valence-electron chi connectivity index (χ2n) is 12.6. The molecule has 2 atom stereocenters. The van der Waals surface area contributed by atoms with Gasteiger partial charge in [0.05, 0.1) is 17.5 Å². The van der Waals surface area contributed by atoms with E-state index >= 15 is 0 Å². The highest BCUT2D eigenvalue weighted by atomic mass is 19.4. The molecule has 1 aliphatic heterocycles. The fraction of sp³-hybridized carbons (Fsp3) is 0.516. The highest BCUT2D eigenvalue weighted by molar-refractivity contribution is 6.03. The van der Waals surface area contributed by atoms with E-state index in [4.69, 9.17) is 5.73 Å². The molecule has 0 bridgehead atoms. The van der Waals surface area contributed by atoms with Crippen LogP contribution in [0.5, 0.6) is 0 Å². The van der Waals surface area contributed by atoms with E-state index in [0.717, 1.165) is 32.1 Å². The molecule has 6 rings (SSSR count). The Balaban J connectivity index is 1.08. The molecule has 0 unspecified atom stereocenters. The average molecular weight is 642 g/mol. The summed E-state index contributed by atoms with van der Waals surface area (Å²) in [7, 11) is 1.48. The van der Waals surface area contributed by atoms with Gasteiger partial charge in [0.15, 0.2) is 11.5 Å². The van der Waals surface area contributed by atoms with Crippen molar-refractivity contribution >= 4 is 23.5 Å². The summed E-state index contributed by atoms with van der Waals surface area (Å²) in [6.45, 7) is 3.80. The number of carbonyl (C=O) groups excluding carboxylic acids is 3. The normalized spacial score (nSPS) is 20.2. The SMILES string of the molecule is Cc1cc(NC(=O)c2ncc(-c3cn(CC4CC4)nc3C(F)(F)F)n2C)ccc1C(=O)N1CCN(C(=O)N[C@@H]2CC[C@@H](N)C2)CC1. The van der Waals surface area contributed by atoms with Gasteiger partial charge < -0.3 is 30.7 Å². The number of hydrogen-bond acceptors (Lipinski definition) is 6. The molecule has 4 N–H and O–H groups in total. The summed E-state index contributed by atoms with van der Waals surface area (Å²) in [6.07, 6.45) is 2.42. The van der Waals surface area contributed by atoms with Crippen molar-refractivity contribution in [1.29, 1.82) is 0 Å². The molecular weight excluding hydrogens is 603 g/mol. The molecule has 46 heavy (non-hydrogen) atoms. The number of aromatic nitrogens is 4. The van der Waals surface area contributed by atoms with E-state index in [9.17, 15) is 27.6 Å². The van der Waals surface area contributed by atoms with Crippen molar-refractivity contribution in [2.24, 2.45) is 18.7 Å². The predicted octanol–water partition coefficient (Wildman–Crippen LogP) is 3.62. The lowest BCUT2D eigenvalue weighted by molar-refractivity contribution is -0.141. The Hall–Kier alpha value is -4.40. The predicted molar refractivity (Wildman–Crippen MR) is 163 cm³/mol. The first-order valence-corrected chi connectivity index (χ1v) is 15.6. The van der Waals surface area contributed by atoms with Crippen LogP contribution in [0.3, 0.4) is 0 Å². The molecule has 12 nitrogen and oxygen atoms in total. The molecule has 1 aromatic carbocycles. The Kier molecular flexibility index (Phi) is 8.53. The van der Waals surface area contributed by atoms with Crippen LogP contribution in [0.2, 0.25) is 0 Å². The van der Waals surface area contributed by atoms with Gasteiger partial charge in [0, 0.05) is 69.3 Å². The van der Waals surface area contributed by atoms with E-state index in [1.54, 1.807) is 34.9 Å². The molecule has 0 radical (unpaired) electrons. The van der Waals surface area contributed by atoms with E-state index in [1.165, 1.54) is 28.7 Å².